The Bertz CT molecular complexity index is 469. The van der Waals surface area contributed by atoms with E-state index in [4.69, 9.17) is 9.84 Å². The molecule has 1 fully saturated rings. The first-order chi connectivity index (χ1) is 9.11. The van der Waals surface area contributed by atoms with E-state index in [1.807, 2.05) is 0 Å². The van der Waals surface area contributed by atoms with Gasteiger partial charge in [-0.05, 0) is 25.0 Å². The van der Waals surface area contributed by atoms with Gasteiger partial charge in [-0.3, -0.25) is 4.79 Å². The van der Waals surface area contributed by atoms with Gasteiger partial charge in [-0.25, -0.2) is 4.79 Å². The highest BCUT2D eigenvalue weighted by Gasteiger charge is 2.24. The van der Waals surface area contributed by atoms with E-state index in [0.29, 0.717) is 13.1 Å². The summed E-state index contributed by atoms with van der Waals surface area (Å²) in [6.07, 6.45) is 3.58. The predicted octanol–water partition coefficient (Wildman–Crippen LogP) is 0.824. The fourth-order valence-corrected chi connectivity index (χ4v) is 2.35. The lowest BCUT2D eigenvalue weighted by atomic mass is 10.1. The fourth-order valence-electron chi connectivity index (χ4n) is 2.35. The smallest absolute Gasteiger partial charge is 0.352 e. The van der Waals surface area contributed by atoms with Crippen molar-refractivity contribution in [2.75, 3.05) is 20.2 Å². The molecule has 19 heavy (non-hydrogen) atoms. The van der Waals surface area contributed by atoms with Gasteiger partial charge < -0.3 is 19.3 Å². The number of hydrogen-bond donors (Lipinski definition) is 1. The van der Waals surface area contributed by atoms with Gasteiger partial charge in [0.05, 0.1) is 6.10 Å². The fraction of sp³-hybridized carbons (Fsp3) is 0.538. The van der Waals surface area contributed by atoms with Crippen molar-refractivity contribution in [2.45, 2.75) is 25.5 Å². The van der Waals surface area contributed by atoms with Crippen LogP contribution in [0.5, 0.6) is 0 Å². The van der Waals surface area contributed by atoms with Gasteiger partial charge in [-0.2, -0.15) is 0 Å². The lowest BCUT2D eigenvalue weighted by molar-refractivity contribution is -0.135. The Morgan fingerprint density at radius 1 is 1.53 bits per heavy atom. The Balaban J connectivity index is 2.00. The molecule has 1 atom stereocenters. The van der Waals surface area contributed by atoms with Crippen LogP contribution in [0.15, 0.2) is 18.3 Å². The summed E-state index contributed by atoms with van der Waals surface area (Å²) in [5, 5.41) is 8.99. The standard InChI is InChI=1S/C13H18N2O4/c1-19-10-4-2-7-15(8-10)12(16)9-14-6-3-5-11(14)13(17)18/h3,5-6,10H,2,4,7-9H2,1H3,(H,17,18). The Hall–Kier alpha value is -1.82. The Morgan fingerprint density at radius 3 is 3.00 bits per heavy atom. The lowest BCUT2D eigenvalue weighted by Gasteiger charge is -2.32. The Morgan fingerprint density at radius 2 is 2.32 bits per heavy atom. The van der Waals surface area contributed by atoms with E-state index < -0.39 is 5.97 Å². The number of rotatable bonds is 4. The number of ether oxygens (including phenoxy) is 1. The molecule has 0 saturated carbocycles. The number of hydrogen-bond acceptors (Lipinski definition) is 3. The average molecular weight is 266 g/mol. The van der Waals surface area contributed by atoms with E-state index in [-0.39, 0.29) is 24.2 Å². The molecule has 0 spiro atoms. The molecule has 6 heteroatoms. The average Bonchev–Trinajstić information content (AvgIpc) is 2.87. The summed E-state index contributed by atoms with van der Waals surface area (Å²) in [5.41, 5.74) is 0.133. The molecule has 1 unspecified atom stereocenters. The number of carboxylic acid groups (broad SMARTS) is 1. The van der Waals surface area contributed by atoms with Gasteiger partial charge in [-0.15, -0.1) is 0 Å². The topological polar surface area (TPSA) is 71.8 Å². The van der Waals surface area contributed by atoms with Crippen molar-refractivity contribution in [3.8, 4) is 0 Å². The van der Waals surface area contributed by atoms with E-state index in [0.717, 1.165) is 12.8 Å². The highest BCUT2D eigenvalue weighted by molar-refractivity contribution is 5.86. The number of aromatic nitrogens is 1. The predicted molar refractivity (Wildman–Crippen MR) is 68.0 cm³/mol. The molecule has 1 aromatic heterocycles. The molecule has 2 heterocycles. The van der Waals surface area contributed by atoms with Crippen LogP contribution in [0.2, 0.25) is 0 Å². The van der Waals surface area contributed by atoms with Gasteiger partial charge in [0.2, 0.25) is 5.91 Å². The number of piperidine rings is 1. The maximum atomic E-state index is 12.2. The largest absolute Gasteiger partial charge is 0.477 e. The first-order valence-electron chi connectivity index (χ1n) is 6.31. The van der Waals surface area contributed by atoms with Crippen LogP contribution in [0.3, 0.4) is 0 Å². The first kappa shape index (κ1) is 13.6. The molecule has 0 aromatic carbocycles. The normalized spacial score (nSPS) is 19.4. The van der Waals surface area contributed by atoms with Crippen molar-refractivity contribution in [3.63, 3.8) is 0 Å². The zero-order valence-corrected chi connectivity index (χ0v) is 10.9. The van der Waals surface area contributed by atoms with E-state index in [2.05, 4.69) is 0 Å². The number of methoxy groups -OCH3 is 1. The minimum atomic E-state index is -1.02. The van der Waals surface area contributed by atoms with Crippen molar-refractivity contribution < 1.29 is 19.4 Å². The molecule has 1 N–H and O–H groups in total. The molecule has 0 radical (unpaired) electrons. The van der Waals surface area contributed by atoms with Crippen LogP contribution < -0.4 is 0 Å². The van der Waals surface area contributed by atoms with Crippen molar-refractivity contribution in [1.29, 1.82) is 0 Å². The molecule has 104 valence electrons. The van der Waals surface area contributed by atoms with Crippen LogP contribution >= 0.6 is 0 Å². The van der Waals surface area contributed by atoms with Crippen LogP contribution in [-0.4, -0.2) is 52.8 Å². The minimum absolute atomic E-state index is 0.0606. The van der Waals surface area contributed by atoms with E-state index in [1.54, 1.807) is 24.3 Å². The molecule has 1 aromatic rings. The van der Waals surface area contributed by atoms with Gasteiger partial charge in [0.15, 0.2) is 0 Å². The van der Waals surface area contributed by atoms with Crippen molar-refractivity contribution in [2.24, 2.45) is 0 Å². The summed E-state index contributed by atoms with van der Waals surface area (Å²) in [5.74, 6) is -1.09. The molecule has 1 aliphatic rings. The maximum absolute atomic E-state index is 12.2. The molecule has 1 amide bonds. The van der Waals surface area contributed by atoms with Gasteiger partial charge in [0.1, 0.15) is 12.2 Å². The quantitative estimate of drug-likeness (QED) is 0.876. The first-order valence-corrected chi connectivity index (χ1v) is 6.31. The highest BCUT2D eigenvalue weighted by Crippen LogP contribution is 2.13. The zero-order chi connectivity index (χ0) is 13.8. The summed E-state index contributed by atoms with van der Waals surface area (Å²) in [6.45, 7) is 1.35. The number of carboxylic acids is 1. The minimum Gasteiger partial charge on any atom is -0.477 e. The van der Waals surface area contributed by atoms with Gasteiger partial charge in [0, 0.05) is 26.4 Å². The van der Waals surface area contributed by atoms with Crippen LogP contribution in [0.25, 0.3) is 0 Å². The summed E-state index contributed by atoms with van der Waals surface area (Å²) in [4.78, 5) is 24.9. The van der Waals surface area contributed by atoms with Gasteiger partial charge in [0.25, 0.3) is 0 Å². The van der Waals surface area contributed by atoms with Gasteiger partial charge >= 0.3 is 5.97 Å². The molecule has 1 saturated heterocycles. The molecular weight excluding hydrogens is 248 g/mol. The molecule has 2 rings (SSSR count). The van der Waals surface area contributed by atoms with Crippen LogP contribution in [0.4, 0.5) is 0 Å². The van der Waals surface area contributed by atoms with Crippen LogP contribution in [0, 0.1) is 0 Å². The zero-order valence-electron chi connectivity index (χ0n) is 10.9. The van der Waals surface area contributed by atoms with E-state index in [9.17, 15) is 9.59 Å². The SMILES string of the molecule is COC1CCCN(C(=O)Cn2cccc2C(=O)O)C1. The van der Waals surface area contributed by atoms with Crippen molar-refractivity contribution in [3.05, 3.63) is 24.0 Å². The van der Waals surface area contributed by atoms with Gasteiger partial charge in [-0.1, -0.05) is 0 Å². The molecule has 0 aliphatic carbocycles. The number of amides is 1. The molecular formula is C13H18N2O4. The molecule has 1 aliphatic heterocycles. The Labute approximate surface area is 111 Å². The molecule has 0 bridgehead atoms. The van der Waals surface area contributed by atoms with E-state index >= 15 is 0 Å². The van der Waals surface area contributed by atoms with E-state index in [1.165, 1.54) is 10.6 Å². The lowest BCUT2D eigenvalue weighted by Crippen LogP contribution is -2.44. The number of carbonyl (C=O) groups excluding carboxylic acids is 1. The number of likely N-dealkylation sites (tertiary alicyclic amines) is 1. The second-order valence-electron chi connectivity index (χ2n) is 4.67. The Kier molecular flexibility index (Phi) is 4.21. The second kappa shape index (κ2) is 5.88. The molecule has 6 nitrogen and oxygen atoms in total. The maximum Gasteiger partial charge on any atom is 0.352 e. The highest BCUT2D eigenvalue weighted by atomic mass is 16.5. The number of carbonyl (C=O) groups is 2. The van der Waals surface area contributed by atoms with Crippen LogP contribution in [-0.2, 0) is 16.1 Å². The monoisotopic (exact) mass is 266 g/mol. The summed E-state index contributed by atoms with van der Waals surface area (Å²) in [6, 6.07) is 3.12. The third kappa shape index (κ3) is 3.14. The summed E-state index contributed by atoms with van der Waals surface area (Å²) < 4.78 is 6.73. The summed E-state index contributed by atoms with van der Waals surface area (Å²) >= 11 is 0. The summed E-state index contributed by atoms with van der Waals surface area (Å²) in [7, 11) is 1.65. The van der Waals surface area contributed by atoms with Crippen LogP contribution in [0.1, 0.15) is 23.3 Å². The third-order valence-electron chi connectivity index (χ3n) is 3.42. The second-order valence-corrected chi connectivity index (χ2v) is 4.67. The van der Waals surface area contributed by atoms with Crippen molar-refractivity contribution in [1.82, 2.24) is 9.47 Å². The third-order valence-corrected chi connectivity index (χ3v) is 3.42. The number of aromatic carboxylic acids is 1. The number of nitrogens with zero attached hydrogens (tertiary/aromatic N) is 2. The van der Waals surface area contributed by atoms with Crippen molar-refractivity contribution >= 4 is 11.9 Å².